The molecule has 0 saturated heterocycles. The molecule has 0 N–H and O–H groups in total. The number of hydrogen-bond donors (Lipinski definition) is 0. The minimum atomic E-state index is -1.04. The Kier molecular flexibility index (Phi) is 3.07. The molecule has 0 radical (unpaired) electrons. The number of halogens is 1. The van der Waals surface area contributed by atoms with Crippen molar-refractivity contribution in [2.75, 3.05) is 7.11 Å². The van der Waals surface area contributed by atoms with Crippen LogP contribution in [0.25, 0.3) is 0 Å². The van der Waals surface area contributed by atoms with Crippen molar-refractivity contribution < 1.29 is 14.4 Å². The number of esters is 1. The van der Waals surface area contributed by atoms with Crippen LogP contribution < -0.4 is 0 Å². The Labute approximate surface area is 104 Å². The molecule has 0 fully saturated rings. The topological polar surface area (TPSA) is 47.9 Å². The van der Waals surface area contributed by atoms with Crippen LogP contribution in [-0.4, -0.2) is 24.4 Å². The molecule has 1 aromatic rings. The summed E-state index contributed by atoms with van der Waals surface area (Å²) in [4.78, 5) is 16.7. The lowest BCUT2D eigenvalue weighted by Crippen LogP contribution is -2.36. The quantitative estimate of drug-likeness (QED) is 0.761. The number of carbonyl (C=O) groups is 1. The minimum absolute atomic E-state index is 0.375. The molecule has 0 bridgehead atoms. The van der Waals surface area contributed by atoms with E-state index in [9.17, 15) is 4.79 Å². The second-order valence-electron chi connectivity index (χ2n) is 4.04. The van der Waals surface area contributed by atoms with Crippen LogP contribution in [0.4, 0.5) is 0 Å². The lowest BCUT2D eigenvalue weighted by atomic mass is 9.96. The average Bonchev–Trinajstić information content (AvgIpc) is 2.72. The predicted octanol–water partition coefficient (Wildman–Crippen LogP) is 2.40. The highest BCUT2D eigenvalue weighted by Gasteiger charge is 2.43. The van der Waals surface area contributed by atoms with Gasteiger partial charge in [-0.2, -0.15) is 0 Å². The molecule has 0 aromatic heterocycles. The van der Waals surface area contributed by atoms with Crippen LogP contribution in [0.1, 0.15) is 18.9 Å². The average molecular weight is 254 g/mol. The highest BCUT2D eigenvalue weighted by atomic mass is 35.5. The molecule has 17 heavy (non-hydrogen) atoms. The first-order chi connectivity index (χ1) is 8.05. The molecule has 0 amide bonds. The van der Waals surface area contributed by atoms with Crippen molar-refractivity contribution in [2.45, 2.75) is 18.9 Å². The van der Waals surface area contributed by atoms with Gasteiger partial charge < -0.3 is 9.57 Å². The van der Waals surface area contributed by atoms with Gasteiger partial charge in [0.15, 0.2) is 0 Å². The van der Waals surface area contributed by atoms with Gasteiger partial charge in [0.25, 0.3) is 0 Å². The fourth-order valence-electron chi connectivity index (χ4n) is 1.69. The molecule has 0 spiro atoms. The molecular formula is C12H12ClNO3. The second-order valence-corrected chi connectivity index (χ2v) is 4.48. The molecule has 1 aromatic carbocycles. The summed E-state index contributed by atoms with van der Waals surface area (Å²) >= 11 is 5.90. The molecule has 0 aliphatic carbocycles. The first kappa shape index (κ1) is 11.9. The fourth-order valence-corrected chi connectivity index (χ4v) is 1.88. The van der Waals surface area contributed by atoms with Gasteiger partial charge in [-0.15, -0.1) is 0 Å². The van der Waals surface area contributed by atoms with Gasteiger partial charge in [0.1, 0.15) is 0 Å². The zero-order chi connectivity index (χ0) is 12.5. The summed E-state index contributed by atoms with van der Waals surface area (Å²) in [6.45, 7) is 1.65. The first-order valence-electron chi connectivity index (χ1n) is 5.14. The summed E-state index contributed by atoms with van der Waals surface area (Å²) in [5.74, 6) is -0.432. The van der Waals surface area contributed by atoms with Crippen molar-refractivity contribution >= 4 is 23.3 Å². The van der Waals surface area contributed by atoms with E-state index in [1.54, 1.807) is 19.1 Å². The minimum Gasteiger partial charge on any atom is -0.466 e. The molecule has 1 unspecified atom stereocenters. The molecule has 1 atom stereocenters. The van der Waals surface area contributed by atoms with E-state index in [1.807, 2.05) is 12.1 Å². The van der Waals surface area contributed by atoms with E-state index >= 15 is 0 Å². The lowest BCUT2D eigenvalue weighted by Gasteiger charge is -2.17. The molecule has 2 rings (SSSR count). The molecule has 1 aliphatic rings. The zero-order valence-electron chi connectivity index (χ0n) is 9.57. The highest BCUT2D eigenvalue weighted by Crippen LogP contribution is 2.28. The van der Waals surface area contributed by atoms with E-state index < -0.39 is 11.6 Å². The number of carbonyl (C=O) groups excluding carboxylic acids is 1. The Balaban J connectivity index is 2.20. The van der Waals surface area contributed by atoms with E-state index in [2.05, 4.69) is 9.89 Å². The van der Waals surface area contributed by atoms with Crippen LogP contribution >= 0.6 is 11.6 Å². The maximum absolute atomic E-state index is 11.5. The number of nitrogens with zero attached hydrogens (tertiary/aromatic N) is 1. The lowest BCUT2D eigenvalue weighted by molar-refractivity contribution is -0.164. The van der Waals surface area contributed by atoms with Gasteiger partial charge in [0.2, 0.25) is 5.60 Å². The SMILES string of the molecule is COC(=O)C1(C)CC(c2cccc(Cl)c2)=NO1. The summed E-state index contributed by atoms with van der Waals surface area (Å²) < 4.78 is 4.68. The Morgan fingerprint density at radius 2 is 2.35 bits per heavy atom. The molecule has 5 heteroatoms. The summed E-state index contributed by atoms with van der Waals surface area (Å²) in [6.07, 6.45) is 0.375. The van der Waals surface area contributed by atoms with E-state index in [4.69, 9.17) is 16.4 Å². The first-order valence-corrected chi connectivity index (χ1v) is 5.52. The van der Waals surface area contributed by atoms with Crippen LogP contribution in [0, 0.1) is 0 Å². The number of rotatable bonds is 2. The Morgan fingerprint density at radius 3 is 3.00 bits per heavy atom. The number of hydrogen-bond acceptors (Lipinski definition) is 4. The van der Waals surface area contributed by atoms with E-state index in [1.165, 1.54) is 7.11 Å². The van der Waals surface area contributed by atoms with Gasteiger partial charge in [0.05, 0.1) is 12.8 Å². The summed E-state index contributed by atoms with van der Waals surface area (Å²) in [5.41, 5.74) is 0.511. The Hall–Kier alpha value is -1.55. The summed E-state index contributed by atoms with van der Waals surface area (Å²) in [6, 6.07) is 7.26. The third-order valence-electron chi connectivity index (χ3n) is 2.64. The van der Waals surface area contributed by atoms with E-state index in [0.717, 1.165) is 5.56 Å². The predicted molar refractivity (Wildman–Crippen MR) is 64.1 cm³/mol. The van der Waals surface area contributed by atoms with Gasteiger partial charge >= 0.3 is 5.97 Å². The van der Waals surface area contributed by atoms with Crippen molar-refractivity contribution in [3.63, 3.8) is 0 Å². The largest absolute Gasteiger partial charge is 0.466 e. The number of oxime groups is 1. The van der Waals surface area contributed by atoms with Crippen molar-refractivity contribution in [3.8, 4) is 0 Å². The zero-order valence-corrected chi connectivity index (χ0v) is 10.3. The van der Waals surface area contributed by atoms with Gasteiger partial charge in [-0.25, -0.2) is 4.79 Å². The number of benzene rings is 1. The van der Waals surface area contributed by atoms with E-state index in [0.29, 0.717) is 17.2 Å². The van der Waals surface area contributed by atoms with Crippen molar-refractivity contribution in [2.24, 2.45) is 5.16 Å². The third-order valence-corrected chi connectivity index (χ3v) is 2.87. The van der Waals surface area contributed by atoms with Crippen LogP contribution in [0.15, 0.2) is 29.4 Å². The van der Waals surface area contributed by atoms with Gasteiger partial charge in [-0.3, -0.25) is 0 Å². The van der Waals surface area contributed by atoms with Crippen LogP contribution in [0.3, 0.4) is 0 Å². The van der Waals surface area contributed by atoms with Crippen LogP contribution in [0.5, 0.6) is 0 Å². The Morgan fingerprint density at radius 1 is 1.59 bits per heavy atom. The van der Waals surface area contributed by atoms with Gasteiger partial charge in [0, 0.05) is 17.0 Å². The normalized spacial score (nSPS) is 22.9. The highest BCUT2D eigenvalue weighted by molar-refractivity contribution is 6.31. The van der Waals surface area contributed by atoms with Gasteiger partial charge in [-0.05, 0) is 19.1 Å². The maximum Gasteiger partial charge on any atom is 0.353 e. The smallest absolute Gasteiger partial charge is 0.353 e. The van der Waals surface area contributed by atoms with Gasteiger partial charge in [-0.1, -0.05) is 28.9 Å². The van der Waals surface area contributed by atoms with Crippen molar-refractivity contribution in [1.82, 2.24) is 0 Å². The molecule has 4 nitrogen and oxygen atoms in total. The number of methoxy groups -OCH3 is 1. The molecule has 90 valence electrons. The summed E-state index contributed by atoms with van der Waals surface area (Å²) in [5, 5.41) is 4.55. The number of ether oxygens (including phenoxy) is 1. The molecule has 1 aliphatic heterocycles. The maximum atomic E-state index is 11.5. The van der Waals surface area contributed by atoms with E-state index in [-0.39, 0.29) is 0 Å². The molecule has 0 saturated carbocycles. The molecule has 1 heterocycles. The summed E-state index contributed by atoms with van der Waals surface area (Å²) in [7, 11) is 1.33. The monoisotopic (exact) mass is 253 g/mol. The fraction of sp³-hybridized carbons (Fsp3) is 0.333. The third kappa shape index (κ3) is 2.26. The van der Waals surface area contributed by atoms with Crippen LogP contribution in [-0.2, 0) is 14.4 Å². The Bertz CT molecular complexity index is 486. The molecular weight excluding hydrogens is 242 g/mol. The van der Waals surface area contributed by atoms with Crippen molar-refractivity contribution in [1.29, 1.82) is 0 Å². The second kappa shape index (κ2) is 4.37. The van der Waals surface area contributed by atoms with Crippen molar-refractivity contribution in [3.05, 3.63) is 34.9 Å². The van der Waals surface area contributed by atoms with Crippen LogP contribution in [0.2, 0.25) is 5.02 Å². The standard InChI is InChI=1S/C12H12ClNO3/c1-12(11(15)16-2)7-10(14-17-12)8-4-3-5-9(13)6-8/h3-6H,7H2,1-2H3.